The zero-order valence-corrected chi connectivity index (χ0v) is 20.8. The van der Waals surface area contributed by atoms with Gasteiger partial charge in [-0.3, -0.25) is 9.59 Å². The Bertz CT molecular complexity index is 1570. The lowest BCUT2D eigenvalue weighted by atomic mass is 9.74. The number of halogens is 2. The molecule has 0 saturated heterocycles. The van der Waals surface area contributed by atoms with Crippen molar-refractivity contribution in [3.8, 4) is 11.5 Å². The molecular formula is C26H25F2N7O3. The van der Waals surface area contributed by atoms with Gasteiger partial charge in [0.1, 0.15) is 29.0 Å². The van der Waals surface area contributed by atoms with E-state index in [2.05, 4.69) is 25.4 Å². The van der Waals surface area contributed by atoms with Gasteiger partial charge in [0.05, 0.1) is 24.7 Å². The molecule has 1 aliphatic rings. The van der Waals surface area contributed by atoms with E-state index in [1.165, 1.54) is 16.8 Å². The van der Waals surface area contributed by atoms with Gasteiger partial charge in [0, 0.05) is 29.4 Å². The minimum atomic E-state index is -0.813. The number of carbonyl (C=O) groups excluding carboxylic acids is 2. The van der Waals surface area contributed by atoms with Gasteiger partial charge < -0.3 is 15.8 Å². The minimum Gasteiger partial charge on any atom is -0.466 e. The van der Waals surface area contributed by atoms with Crippen molar-refractivity contribution in [2.24, 2.45) is 0 Å². The van der Waals surface area contributed by atoms with Gasteiger partial charge >= 0.3 is 5.97 Å². The maximum atomic E-state index is 14.3. The van der Waals surface area contributed by atoms with Crippen LogP contribution in [0.25, 0.3) is 22.6 Å². The molecule has 12 heteroatoms. The van der Waals surface area contributed by atoms with Gasteiger partial charge in [-0.1, -0.05) is 25.1 Å². The number of benzene rings is 1. The van der Waals surface area contributed by atoms with Crippen LogP contribution in [0, 0.1) is 11.6 Å². The SMILES string of the molecule is CCOC(=O)CCC1(C)CC(=O)Nc2nc(-c3nn(Cc4ccccc4F)c4ncc(F)cc34)nc(N)c21. The quantitative estimate of drug-likeness (QED) is 0.351. The molecule has 4 aromatic rings. The summed E-state index contributed by atoms with van der Waals surface area (Å²) in [5, 5.41) is 7.56. The van der Waals surface area contributed by atoms with Gasteiger partial charge in [0.15, 0.2) is 11.5 Å². The smallest absolute Gasteiger partial charge is 0.305 e. The number of anilines is 2. The topological polar surface area (TPSA) is 138 Å². The number of nitrogens with two attached hydrogens (primary N) is 1. The molecule has 0 spiro atoms. The number of aromatic nitrogens is 5. The van der Waals surface area contributed by atoms with Crippen molar-refractivity contribution in [1.29, 1.82) is 0 Å². The van der Waals surface area contributed by atoms with Crippen molar-refractivity contribution in [2.45, 2.75) is 45.1 Å². The second-order valence-corrected chi connectivity index (χ2v) is 9.37. The highest BCUT2D eigenvalue weighted by Gasteiger charge is 2.40. The summed E-state index contributed by atoms with van der Waals surface area (Å²) < 4.78 is 35.0. The monoisotopic (exact) mass is 521 g/mol. The van der Waals surface area contributed by atoms with E-state index in [-0.39, 0.29) is 61.0 Å². The van der Waals surface area contributed by atoms with E-state index in [0.29, 0.717) is 28.6 Å². The van der Waals surface area contributed by atoms with E-state index in [4.69, 9.17) is 10.5 Å². The molecule has 1 atom stereocenters. The fourth-order valence-corrected chi connectivity index (χ4v) is 4.81. The fourth-order valence-electron chi connectivity index (χ4n) is 4.81. The molecule has 1 unspecified atom stereocenters. The van der Waals surface area contributed by atoms with E-state index in [1.807, 2.05) is 6.92 Å². The average Bonchev–Trinajstić information content (AvgIpc) is 3.21. The Balaban J connectivity index is 1.59. The van der Waals surface area contributed by atoms with Crippen LogP contribution in [0.1, 0.15) is 44.2 Å². The number of nitrogen functional groups attached to an aromatic ring is 1. The Morgan fingerprint density at radius 1 is 1.26 bits per heavy atom. The van der Waals surface area contributed by atoms with Crippen molar-refractivity contribution >= 4 is 34.5 Å². The third-order valence-corrected chi connectivity index (χ3v) is 6.58. The molecule has 0 saturated carbocycles. The van der Waals surface area contributed by atoms with Crippen LogP contribution in [0.3, 0.4) is 0 Å². The number of fused-ring (bicyclic) bond motifs is 2. The van der Waals surface area contributed by atoms with E-state index in [1.54, 1.807) is 25.1 Å². The van der Waals surface area contributed by atoms with E-state index >= 15 is 0 Å². The number of hydrogen-bond acceptors (Lipinski definition) is 8. The third kappa shape index (κ3) is 4.64. The molecule has 10 nitrogen and oxygen atoms in total. The van der Waals surface area contributed by atoms with Crippen molar-refractivity contribution in [2.75, 3.05) is 17.7 Å². The highest BCUT2D eigenvalue weighted by atomic mass is 19.1. The maximum Gasteiger partial charge on any atom is 0.305 e. The highest BCUT2D eigenvalue weighted by molar-refractivity contribution is 5.96. The largest absolute Gasteiger partial charge is 0.466 e. The molecule has 3 N–H and O–H groups in total. The van der Waals surface area contributed by atoms with Crippen LogP contribution < -0.4 is 11.1 Å². The molecule has 0 radical (unpaired) electrons. The predicted octanol–water partition coefficient (Wildman–Crippen LogP) is 3.74. The summed E-state index contributed by atoms with van der Waals surface area (Å²) in [6.45, 7) is 3.83. The third-order valence-electron chi connectivity index (χ3n) is 6.58. The predicted molar refractivity (Wildman–Crippen MR) is 135 cm³/mol. The standard InChI is InChI=1S/C26H25F2N7O3/c1-3-38-19(37)8-9-26(2)11-18(36)31-23-20(26)22(29)32-24(33-23)21-16-10-15(27)12-30-25(16)35(34-21)13-14-6-4-5-7-17(14)28/h4-7,10,12H,3,8-9,11,13H2,1-2H3,(H3,29,31,32,33,36). The van der Waals surface area contributed by atoms with E-state index < -0.39 is 17.0 Å². The minimum absolute atomic E-state index is 0.0326. The Morgan fingerprint density at radius 2 is 2.05 bits per heavy atom. The van der Waals surface area contributed by atoms with Crippen LogP contribution in [-0.2, 0) is 26.3 Å². The van der Waals surface area contributed by atoms with Crippen LogP contribution in [0.4, 0.5) is 20.4 Å². The molecule has 0 fully saturated rings. The number of hydrogen-bond donors (Lipinski definition) is 2. The van der Waals surface area contributed by atoms with Crippen molar-refractivity contribution in [3.05, 3.63) is 59.3 Å². The maximum absolute atomic E-state index is 14.3. The zero-order chi connectivity index (χ0) is 27.0. The van der Waals surface area contributed by atoms with E-state index in [0.717, 1.165) is 6.20 Å². The molecule has 4 heterocycles. The summed E-state index contributed by atoms with van der Waals surface area (Å²) in [6.07, 6.45) is 1.52. The number of carbonyl (C=O) groups is 2. The summed E-state index contributed by atoms with van der Waals surface area (Å²) in [5.74, 6) is -1.36. The summed E-state index contributed by atoms with van der Waals surface area (Å²) in [7, 11) is 0. The zero-order valence-electron chi connectivity index (χ0n) is 20.8. The van der Waals surface area contributed by atoms with Crippen LogP contribution >= 0.6 is 0 Å². The molecule has 3 aromatic heterocycles. The number of nitrogens with one attached hydrogen (secondary N) is 1. The molecule has 1 aliphatic heterocycles. The Hall–Kier alpha value is -4.48. The van der Waals surface area contributed by atoms with Crippen LogP contribution in [-0.4, -0.2) is 43.2 Å². The molecule has 38 heavy (non-hydrogen) atoms. The Morgan fingerprint density at radius 3 is 2.82 bits per heavy atom. The van der Waals surface area contributed by atoms with Crippen molar-refractivity contribution in [1.82, 2.24) is 24.7 Å². The number of ether oxygens (including phenoxy) is 1. The van der Waals surface area contributed by atoms with Gasteiger partial charge in [-0.25, -0.2) is 28.4 Å². The van der Waals surface area contributed by atoms with Gasteiger partial charge in [-0.2, -0.15) is 5.10 Å². The summed E-state index contributed by atoms with van der Waals surface area (Å²) in [4.78, 5) is 37.8. The normalized spacial score (nSPS) is 16.8. The number of rotatable bonds is 7. The van der Waals surface area contributed by atoms with Crippen LogP contribution in [0.2, 0.25) is 0 Å². The van der Waals surface area contributed by atoms with Crippen LogP contribution in [0.5, 0.6) is 0 Å². The summed E-state index contributed by atoms with van der Waals surface area (Å²) in [6, 6.07) is 7.48. The van der Waals surface area contributed by atoms with Crippen LogP contribution in [0.15, 0.2) is 36.5 Å². The number of nitrogens with zero attached hydrogens (tertiary/aromatic N) is 5. The molecule has 5 rings (SSSR count). The average molecular weight is 522 g/mol. The lowest BCUT2D eigenvalue weighted by Crippen LogP contribution is -2.37. The first-order valence-electron chi connectivity index (χ1n) is 12.1. The Kier molecular flexibility index (Phi) is 6.47. The van der Waals surface area contributed by atoms with Crippen molar-refractivity contribution < 1.29 is 23.1 Å². The summed E-state index contributed by atoms with van der Waals surface area (Å²) >= 11 is 0. The Labute approximate surface area is 216 Å². The lowest BCUT2D eigenvalue weighted by Gasteiger charge is -2.35. The van der Waals surface area contributed by atoms with Crippen molar-refractivity contribution in [3.63, 3.8) is 0 Å². The van der Waals surface area contributed by atoms with Gasteiger partial charge in [0.2, 0.25) is 5.91 Å². The number of esters is 1. The first-order chi connectivity index (χ1) is 18.2. The molecular weight excluding hydrogens is 496 g/mol. The fraction of sp³-hybridized carbons (Fsp3) is 0.308. The van der Waals surface area contributed by atoms with Gasteiger partial charge in [0.25, 0.3) is 0 Å². The molecule has 196 valence electrons. The number of amides is 1. The molecule has 1 amide bonds. The second-order valence-electron chi connectivity index (χ2n) is 9.37. The molecule has 0 bridgehead atoms. The summed E-state index contributed by atoms with van der Waals surface area (Å²) in [5.41, 5.74) is 6.93. The first kappa shape index (κ1) is 25.2. The highest BCUT2D eigenvalue weighted by Crippen LogP contribution is 2.43. The van der Waals surface area contributed by atoms with E-state index in [9.17, 15) is 18.4 Å². The first-order valence-corrected chi connectivity index (χ1v) is 12.1. The lowest BCUT2D eigenvalue weighted by molar-refractivity contribution is -0.143. The van der Waals surface area contributed by atoms with Gasteiger partial charge in [-0.05, 0) is 25.5 Å². The number of pyridine rings is 1. The second kappa shape index (κ2) is 9.77. The molecule has 1 aromatic carbocycles. The molecule has 0 aliphatic carbocycles. The van der Waals surface area contributed by atoms with Gasteiger partial charge in [-0.15, -0.1) is 0 Å².